The van der Waals surface area contributed by atoms with Crippen LogP contribution in [-0.4, -0.2) is 49.2 Å². The van der Waals surface area contributed by atoms with Gasteiger partial charge in [0.15, 0.2) is 5.13 Å². The van der Waals surface area contributed by atoms with Crippen molar-refractivity contribution in [3.63, 3.8) is 0 Å². The first-order valence-corrected chi connectivity index (χ1v) is 8.32. The van der Waals surface area contributed by atoms with Crippen LogP contribution in [0.25, 0.3) is 10.3 Å². The van der Waals surface area contributed by atoms with E-state index in [0.29, 0.717) is 13.2 Å². The molecule has 1 unspecified atom stereocenters. The lowest BCUT2D eigenvalue weighted by molar-refractivity contribution is -0.125. The van der Waals surface area contributed by atoms with Crippen molar-refractivity contribution in [2.75, 3.05) is 38.3 Å². The molecule has 2 aromatic heterocycles. The third kappa shape index (κ3) is 3.36. The molecule has 0 aliphatic carbocycles. The number of nitrogens with zero attached hydrogens (tertiary/aromatic N) is 3. The molecule has 3 rings (SSSR count). The highest BCUT2D eigenvalue weighted by Gasteiger charge is 2.27. The van der Waals surface area contributed by atoms with E-state index in [-0.39, 0.29) is 11.8 Å². The molecule has 1 N–H and O–H groups in total. The van der Waals surface area contributed by atoms with Gasteiger partial charge in [0.2, 0.25) is 5.91 Å². The molecule has 0 radical (unpaired) electrons. The number of carbonyl (C=O) groups excluding carboxylic acids is 1. The molecule has 1 aliphatic rings. The van der Waals surface area contributed by atoms with Crippen LogP contribution in [0.1, 0.15) is 12.8 Å². The van der Waals surface area contributed by atoms with Crippen molar-refractivity contribution in [2.24, 2.45) is 5.92 Å². The number of anilines is 1. The maximum absolute atomic E-state index is 12.2. The predicted molar refractivity (Wildman–Crippen MR) is 87.2 cm³/mol. The normalized spacial score (nSPS) is 18.6. The number of piperidine rings is 1. The zero-order valence-electron chi connectivity index (χ0n) is 12.6. The minimum atomic E-state index is 0.0191. The molecule has 0 saturated carbocycles. The van der Waals surface area contributed by atoms with Crippen LogP contribution in [0.15, 0.2) is 18.3 Å². The van der Waals surface area contributed by atoms with E-state index in [1.807, 2.05) is 12.1 Å². The smallest absolute Gasteiger partial charge is 0.224 e. The average Bonchev–Trinajstić information content (AvgIpc) is 2.99. The molecule has 1 fully saturated rings. The molecule has 22 heavy (non-hydrogen) atoms. The minimum Gasteiger partial charge on any atom is -0.383 e. The second-order valence-electron chi connectivity index (χ2n) is 5.39. The molecule has 1 saturated heterocycles. The van der Waals surface area contributed by atoms with Crippen LogP contribution in [0.4, 0.5) is 5.13 Å². The van der Waals surface area contributed by atoms with E-state index in [1.165, 1.54) is 0 Å². The monoisotopic (exact) mass is 320 g/mol. The molecular weight excluding hydrogens is 300 g/mol. The van der Waals surface area contributed by atoms with Gasteiger partial charge in [-0.15, -0.1) is 0 Å². The zero-order chi connectivity index (χ0) is 15.4. The van der Waals surface area contributed by atoms with Gasteiger partial charge in [-0.1, -0.05) is 11.3 Å². The summed E-state index contributed by atoms with van der Waals surface area (Å²) >= 11 is 1.59. The van der Waals surface area contributed by atoms with E-state index in [0.717, 1.165) is 41.4 Å². The van der Waals surface area contributed by atoms with Crippen LogP contribution < -0.4 is 10.2 Å². The van der Waals surface area contributed by atoms with Crippen LogP contribution in [0.5, 0.6) is 0 Å². The molecule has 0 bridgehead atoms. The van der Waals surface area contributed by atoms with Crippen molar-refractivity contribution >= 4 is 32.7 Å². The fourth-order valence-electron chi connectivity index (χ4n) is 2.68. The van der Waals surface area contributed by atoms with Gasteiger partial charge in [-0.25, -0.2) is 9.97 Å². The molecule has 118 valence electrons. The summed E-state index contributed by atoms with van der Waals surface area (Å²) in [7, 11) is 1.63. The lowest BCUT2D eigenvalue weighted by Crippen LogP contribution is -2.43. The molecule has 1 aliphatic heterocycles. The summed E-state index contributed by atoms with van der Waals surface area (Å²) in [6.45, 7) is 2.78. The Kier molecular flexibility index (Phi) is 4.84. The Labute approximate surface area is 133 Å². The Morgan fingerprint density at radius 2 is 2.50 bits per heavy atom. The first-order valence-electron chi connectivity index (χ1n) is 7.51. The first-order chi connectivity index (χ1) is 10.8. The van der Waals surface area contributed by atoms with Gasteiger partial charge in [-0.05, 0) is 25.0 Å². The molecule has 7 heteroatoms. The number of ether oxygens (including phenoxy) is 1. The van der Waals surface area contributed by atoms with Gasteiger partial charge in [-0.3, -0.25) is 4.79 Å². The number of thiazole rings is 1. The Hall–Kier alpha value is -1.73. The second-order valence-corrected chi connectivity index (χ2v) is 6.35. The van der Waals surface area contributed by atoms with E-state index in [9.17, 15) is 4.79 Å². The molecule has 6 nitrogen and oxygen atoms in total. The van der Waals surface area contributed by atoms with Crippen LogP contribution in [0.3, 0.4) is 0 Å². The maximum atomic E-state index is 12.2. The van der Waals surface area contributed by atoms with Crippen molar-refractivity contribution < 1.29 is 9.53 Å². The lowest BCUT2D eigenvalue weighted by Gasteiger charge is -2.31. The largest absolute Gasteiger partial charge is 0.383 e. The van der Waals surface area contributed by atoms with E-state index < -0.39 is 0 Å². The number of carbonyl (C=O) groups is 1. The van der Waals surface area contributed by atoms with Gasteiger partial charge < -0.3 is 15.0 Å². The average molecular weight is 320 g/mol. The lowest BCUT2D eigenvalue weighted by atomic mass is 9.97. The molecule has 3 heterocycles. The quantitative estimate of drug-likeness (QED) is 0.849. The Morgan fingerprint density at radius 3 is 3.32 bits per heavy atom. The highest BCUT2D eigenvalue weighted by Crippen LogP contribution is 2.30. The van der Waals surface area contributed by atoms with Crippen LogP contribution >= 0.6 is 11.3 Å². The van der Waals surface area contributed by atoms with E-state index >= 15 is 0 Å². The molecular formula is C15H20N4O2S. The zero-order valence-corrected chi connectivity index (χ0v) is 13.4. The van der Waals surface area contributed by atoms with Gasteiger partial charge in [0, 0.05) is 32.9 Å². The Morgan fingerprint density at radius 1 is 1.59 bits per heavy atom. The first kappa shape index (κ1) is 15.2. The predicted octanol–water partition coefficient (Wildman–Crippen LogP) is 1.67. The summed E-state index contributed by atoms with van der Waals surface area (Å²) in [5, 5.41) is 3.89. The molecule has 0 spiro atoms. The van der Waals surface area contributed by atoms with Crippen molar-refractivity contribution in [3.05, 3.63) is 18.3 Å². The summed E-state index contributed by atoms with van der Waals surface area (Å²) < 4.78 is 4.96. The van der Waals surface area contributed by atoms with E-state index in [1.54, 1.807) is 24.6 Å². The van der Waals surface area contributed by atoms with Gasteiger partial charge in [0.1, 0.15) is 10.3 Å². The molecule has 1 amide bonds. The number of nitrogens with one attached hydrogen (secondary N) is 1. The summed E-state index contributed by atoms with van der Waals surface area (Å²) in [6.07, 6.45) is 3.72. The fourth-order valence-corrected chi connectivity index (χ4v) is 3.62. The van der Waals surface area contributed by atoms with Crippen LogP contribution in [0, 0.1) is 5.92 Å². The van der Waals surface area contributed by atoms with Crippen LogP contribution in [-0.2, 0) is 9.53 Å². The second kappa shape index (κ2) is 7.02. The molecule has 2 aromatic rings. The van der Waals surface area contributed by atoms with E-state index in [4.69, 9.17) is 4.74 Å². The number of hydrogen-bond acceptors (Lipinski definition) is 6. The Balaban J connectivity index is 1.66. The molecule has 1 atom stereocenters. The number of fused-ring (bicyclic) bond motifs is 1. The number of amides is 1. The standard InChI is InChI=1S/C15H20N4O2S/c1-21-9-7-16-13(20)11-4-3-8-19(10-11)15-18-12-5-2-6-17-14(12)22-15/h2,5-6,11H,3-4,7-10H2,1H3,(H,16,20). The number of methoxy groups -OCH3 is 1. The van der Waals surface area contributed by atoms with Gasteiger partial charge >= 0.3 is 0 Å². The summed E-state index contributed by atoms with van der Waals surface area (Å²) in [5.74, 6) is 0.131. The van der Waals surface area contributed by atoms with Crippen molar-refractivity contribution in [1.29, 1.82) is 0 Å². The Bertz CT molecular complexity index is 612. The maximum Gasteiger partial charge on any atom is 0.224 e. The van der Waals surface area contributed by atoms with Gasteiger partial charge in [0.25, 0.3) is 0 Å². The van der Waals surface area contributed by atoms with E-state index in [2.05, 4.69) is 20.2 Å². The summed E-state index contributed by atoms with van der Waals surface area (Å²) in [6, 6.07) is 3.87. The van der Waals surface area contributed by atoms with Crippen molar-refractivity contribution in [2.45, 2.75) is 12.8 Å². The SMILES string of the molecule is COCCNC(=O)C1CCCN(c2nc3cccnc3s2)C1. The number of aromatic nitrogens is 2. The fraction of sp³-hybridized carbons (Fsp3) is 0.533. The third-order valence-corrected chi connectivity index (χ3v) is 4.86. The van der Waals surface area contributed by atoms with Gasteiger partial charge in [-0.2, -0.15) is 0 Å². The summed E-state index contributed by atoms with van der Waals surface area (Å²) in [4.78, 5) is 24.3. The summed E-state index contributed by atoms with van der Waals surface area (Å²) in [5.41, 5.74) is 0.925. The highest BCUT2D eigenvalue weighted by molar-refractivity contribution is 7.21. The minimum absolute atomic E-state index is 0.0191. The van der Waals surface area contributed by atoms with Crippen molar-refractivity contribution in [1.82, 2.24) is 15.3 Å². The number of pyridine rings is 1. The highest BCUT2D eigenvalue weighted by atomic mass is 32.1. The van der Waals surface area contributed by atoms with Gasteiger partial charge in [0.05, 0.1) is 12.5 Å². The third-order valence-electron chi connectivity index (χ3n) is 3.82. The number of rotatable bonds is 5. The van der Waals surface area contributed by atoms with Crippen LogP contribution in [0.2, 0.25) is 0 Å². The molecule has 0 aromatic carbocycles. The van der Waals surface area contributed by atoms with Crippen molar-refractivity contribution in [3.8, 4) is 0 Å². The topological polar surface area (TPSA) is 67.3 Å². The number of hydrogen-bond donors (Lipinski definition) is 1.